The average molecular weight is 378 g/mol. The van der Waals surface area contributed by atoms with Crippen molar-refractivity contribution in [3.63, 3.8) is 0 Å². The van der Waals surface area contributed by atoms with Gasteiger partial charge < -0.3 is 19.7 Å². The number of rotatable bonds is 3. The number of amides is 2. The van der Waals surface area contributed by atoms with Gasteiger partial charge in [0.25, 0.3) is 0 Å². The Kier molecular flexibility index (Phi) is 4.19. The van der Waals surface area contributed by atoms with E-state index in [9.17, 15) is 9.59 Å². The lowest BCUT2D eigenvalue weighted by atomic mass is 10.1. The van der Waals surface area contributed by atoms with Crippen LogP contribution in [-0.2, 0) is 16.0 Å². The molecule has 0 radical (unpaired) electrons. The van der Waals surface area contributed by atoms with Crippen molar-refractivity contribution in [1.82, 2.24) is 5.32 Å². The maximum atomic E-state index is 12.8. The quantitative estimate of drug-likeness (QED) is 0.892. The maximum absolute atomic E-state index is 12.8. The molecule has 0 spiro atoms. The molecule has 6 nitrogen and oxygen atoms in total. The largest absolute Gasteiger partial charge is 0.486 e. The van der Waals surface area contributed by atoms with Gasteiger partial charge in [0.1, 0.15) is 13.2 Å². The van der Waals surface area contributed by atoms with E-state index >= 15 is 0 Å². The first-order valence-corrected chi connectivity index (χ1v) is 9.77. The van der Waals surface area contributed by atoms with Crippen LogP contribution in [0.5, 0.6) is 11.5 Å². The van der Waals surface area contributed by atoms with Crippen LogP contribution in [-0.4, -0.2) is 31.6 Å². The number of hydrogen-bond donors (Lipinski definition) is 1. The topological polar surface area (TPSA) is 67.9 Å². The van der Waals surface area contributed by atoms with Gasteiger partial charge in [-0.3, -0.25) is 9.59 Å². The van der Waals surface area contributed by atoms with E-state index in [0.717, 1.165) is 18.5 Å². The second-order valence-corrected chi connectivity index (χ2v) is 7.53. The Bertz CT molecular complexity index is 942. The number of carbonyl (C=O) groups excluding carboxylic acids is 2. The zero-order valence-corrected chi connectivity index (χ0v) is 15.5. The van der Waals surface area contributed by atoms with E-state index in [1.165, 1.54) is 11.1 Å². The minimum absolute atomic E-state index is 0.0383. The molecule has 5 rings (SSSR count). The summed E-state index contributed by atoms with van der Waals surface area (Å²) in [5, 5.41) is 3.16. The Morgan fingerprint density at radius 3 is 2.79 bits per heavy atom. The van der Waals surface area contributed by atoms with Gasteiger partial charge in [-0.15, -0.1) is 0 Å². The van der Waals surface area contributed by atoms with Crippen molar-refractivity contribution in [3.8, 4) is 11.5 Å². The van der Waals surface area contributed by atoms with E-state index in [4.69, 9.17) is 9.47 Å². The lowest BCUT2D eigenvalue weighted by Gasteiger charge is -2.22. The third-order valence-electron chi connectivity index (χ3n) is 5.78. The Morgan fingerprint density at radius 2 is 1.89 bits per heavy atom. The summed E-state index contributed by atoms with van der Waals surface area (Å²) < 4.78 is 11.2. The van der Waals surface area contributed by atoms with Crippen molar-refractivity contribution in [3.05, 3.63) is 53.6 Å². The third-order valence-corrected chi connectivity index (χ3v) is 5.78. The van der Waals surface area contributed by atoms with Crippen LogP contribution in [0, 0.1) is 5.92 Å². The predicted molar refractivity (Wildman–Crippen MR) is 104 cm³/mol. The van der Waals surface area contributed by atoms with Gasteiger partial charge >= 0.3 is 0 Å². The molecule has 1 saturated heterocycles. The summed E-state index contributed by atoms with van der Waals surface area (Å²) in [7, 11) is 0. The highest BCUT2D eigenvalue weighted by Crippen LogP contribution is 2.36. The molecule has 6 heteroatoms. The zero-order chi connectivity index (χ0) is 19.1. The van der Waals surface area contributed by atoms with Crippen molar-refractivity contribution in [2.75, 3.05) is 24.7 Å². The second-order valence-electron chi connectivity index (χ2n) is 7.53. The molecule has 0 unspecified atom stereocenters. The lowest BCUT2D eigenvalue weighted by molar-refractivity contribution is -0.127. The minimum atomic E-state index is -0.339. The van der Waals surface area contributed by atoms with E-state index in [0.29, 0.717) is 31.3 Å². The van der Waals surface area contributed by atoms with Crippen LogP contribution in [0.15, 0.2) is 42.5 Å². The molecule has 3 aliphatic rings. The number of benzene rings is 2. The monoisotopic (exact) mass is 378 g/mol. The molecule has 2 atom stereocenters. The summed E-state index contributed by atoms with van der Waals surface area (Å²) in [6, 6.07) is 13.8. The highest BCUT2D eigenvalue weighted by molar-refractivity contribution is 6.00. The van der Waals surface area contributed by atoms with E-state index < -0.39 is 0 Å². The molecular weight excluding hydrogens is 356 g/mol. The summed E-state index contributed by atoms with van der Waals surface area (Å²) in [5.41, 5.74) is 3.24. The highest BCUT2D eigenvalue weighted by atomic mass is 16.6. The SMILES string of the molecule is O=C(N[C@@H]1CCc2ccccc21)[C@H]1CC(=O)N(c2ccc3c(c2)OCCO3)C1. The molecule has 1 aliphatic carbocycles. The van der Waals surface area contributed by atoms with Crippen LogP contribution in [0.1, 0.15) is 30.0 Å². The molecule has 0 aromatic heterocycles. The van der Waals surface area contributed by atoms with Crippen LogP contribution in [0.2, 0.25) is 0 Å². The third kappa shape index (κ3) is 2.99. The Balaban J connectivity index is 1.28. The Morgan fingerprint density at radius 1 is 1.07 bits per heavy atom. The fourth-order valence-electron chi connectivity index (χ4n) is 4.33. The molecule has 2 aromatic carbocycles. The number of nitrogens with zero attached hydrogens (tertiary/aromatic N) is 1. The van der Waals surface area contributed by atoms with Gasteiger partial charge in [0, 0.05) is 24.7 Å². The van der Waals surface area contributed by atoms with Crippen LogP contribution >= 0.6 is 0 Å². The van der Waals surface area contributed by atoms with Crippen molar-refractivity contribution in [1.29, 1.82) is 0 Å². The molecule has 0 saturated carbocycles. The second kappa shape index (κ2) is 6.86. The molecule has 28 heavy (non-hydrogen) atoms. The molecule has 1 N–H and O–H groups in total. The average Bonchev–Trinajstić information content (AvgIpc) is 3.31. The minimum Gasteiger partial charge on any atom is -0.486 e. The molecule has 0 bridgehead atoms. The van der Waals surface area contributed by atoms with Gasteiger partial charge in [-0.1, -0.05) is 24.3 Å². The standard InChI is InChI=1S/C22H22N2O4/c25-21-11-15(22(26)23-18-7-5-14-3-1-2-4-17(14)18)13-24(21)16-6-8-19-20(12-16)28-10-9-27-19/h1-4,6,8,12,15,18H,5,7,9-11,13H2,(H,23,26)/t15-,18+/m0/s1. The van der Waals surface area contributed by atoms with Crippen molar-refractivity contribution >= 4 is 17.5 Å². The fourth-order valence-corrected chi connectivity index (χ4v) is 4.33. The first-order valence-electron chi connectivity index (χ1n) is 9.77. The zero-order valence-electron chi connectivity index (χ0n) is 15.5. The summed E-state index contributed by atoms with van der Waals surface area (Å²) in [6.07, 6.45) is 2.13. The van der Waals surface area contributed by atoms with Gasteiger partial charge in [0.2, 0.25) is 11.8 Å². The van der Waals surface area contributed by atoms with Gasteiger partial charge in [0.05, 0.1) is 12.0 Å². The summed E-state index contributed by atoms with van der Waals surface area (Å²) >= 11 is 0. The molecular formula is C22H22N2O4. The molecule has 2 heterocycles. The smallest absolute Gasteiger partial charge is 0.227 e. The normalized spacial score (nSPS) is 22.9. The summed E-state index contributed by atoms with van der Waals surface area (Å²) in [6.45, 7) is 1.42. The van der Waals surface area contributed by atoms with E-state index in [2.05, 4.69) is 17.4 Å². The lowest BCUT2D eigenvalue weighted by Crippen LogP contribution is -2.34. The van der Waals surface area contributed by atoms with Crippen LogP contribution in [0.3, 0.4) is 0 Å². The number of ether oxygens (including phenoxy) is 2. The maximum Gasteiger partial charge on any atom is 0.227 e. The van der Waals surface area contributed by atoms with E-state index in [-0.39, 0.29) is 30.2 Å². The summed E-state index contributed by atoms with van der Waals surface area (Å²) in [5.74, 6) is 0.912. The number of nitrogens with one attached hydrogen (secondary N) is 1. The first kappa shape index (κ1) is 17.1. The molecule has 2 aliphatic heterocycles. The molecule has 2 aromatic rings. The highest BCUT2D eigenvalue weighted by Gasteiger charge is 2.37. The number of aryl methyl sites for hydroxylation is 1. The van der Waals surface area contributed by atoms with Crippen LogP contribution in [0.4, 0.5) is 5.69 Å². The van der Waals surface area contributed by atoms with Crippen molar-refractivity contribution < 1.29 is 19.1 Å². The van der Waals surface area contributed by atoms with Gasteiger partial charge in [-0.2, -0.15) is 0 Å². The van der Waals surface area contributed by atoms with Crippen molar-refractivity contribution in [2.45, 2.75) is 25.3 Å². The molecule has 1 fully saturated rings. The number of hydrogen-bond acceptors (Lipinski definition) is 4. The van der Waals surface area contributed by atoms with Crippen LogP contribution in [0.25, 0.3) is 0 Å². The van der Waals surface area contributed by atoms with Crippen molar-refractivity contribution in [2.24, 2.45) is 5.92 Å². The van der Waals surface area contributed by atoms with Gasteiger partial charge in [-0.05, 0) is 36.1 Å². The molecule has 144 valence electrons. The summed E-state index contributed by atoms with van der Waals surface area (Å²) in [4.78, 5) is 27.1. The fraction of sp³-hybridized carbons (Fsp3) is 0.364. The van der Waals surface area contributed by atoms with E-state index in [1.54, 1.807) is 4.90 Å². The predicted octanol–water partition coefficient (Wildman–Crippen LogP) is 2.61. The number of anilines is 1. The first-order chi connectivity index (χ1) is 13.7. The van der Waals surface area contributed by atoms with Gasteiger partial charge in [0.15, 0.2) is 11.5 Å². The Hall–Kier alpha value is -3.02. The van der Waals surface area contributed by atoms with Gasteiger partial charge in [-0.25, -0.2) is 0 Å². The number of fused-ring (bicyclic) bond motifs is 2. The molecule has 2 amide bonds. The van der Waals surface area contributed by atoms with Crippen LogP contribution < -0.4 is 19.7 Å². The number of carbonyl (C=O) groups is 2. The Labute approximate surface area is 163 Å². The van der Waals surface area contributed by atoms with E-state index in [1.807, 2.05) is 30.3 Å².